The SMILES string of the molecule is COc1ccc([C@H]2CCCCCN2[C@H](C)C(=O)c2[nH]c(C)c(C(C)=O)c2C)cc1. The molecule has 0 saturated carbocycles. The number of likely N-dealkylation sites (tertiary alicyclic amines) is 1. The second-order valence-electron chi connectivity index (χ2n) is 8.10. The Labute approximate surface area is 173 Å². The molecule has 1 fully saturated rings. The van der Waals surface area contributed by atoms with E-state index in [1.165, 1.54) is 12.0 Å². The van der Waals surface area contributed by atoms with Gasteiger partial charge in [0.25, 0.3) is 0 Å². The maximum atomic E-state index is 13.4. The molecular formula is C24H32N2O3. The number of benzene rings is 1. The number of nitrogens with one attached hydrogen (secondary N) is 1. The number of carbonyl (C=O) groups excluding carboxylic acids is 2. The standard InChI is InChI=1S/C24H32N2O3/c1-15-22(18(4)27)16(2)25-23(15)24(28)17(3)26-14-8-6-7-9-21(26)19-10-12-20(29-5)13-11-19/h10-13,17,21,25H,6-9,14H2,1-5H3/t17-,21-/m1/s1. The van der Waals surface area contributed by atoms with E-state index >= 15 is 0 Å². The fourth-order valence-corrected chi connectivity index (χ4v) is 4.66. The van der Waals surface area contributed by atoms with E-state index in [1.807, 2.05) is 32.9 Å². The van der Waals surface area contributed by atoms with Crippen LogP contribution in [0.1, 0.15) is 83.2 Å². The number of nitrogens with zero attached hydrogens (tertiary/aromatic N) is 1. The predicted molar refractivity (Wildman–Crippen MR) is 115 cm³/mol. The van der Waals surface area contributed by atoms with E-state index in [-0.39, 0.29) is 23.7 Å². The van der Waals surface area contributed by atoms with Gasteiger partial charge in [-0.1, -0.05) is 25.0 Å². The van der Waals surface area contributed by atoms with Crippen molar-refractivity contribution in [2.24, 2.45) is 0 Å². The summed E-state index contributed by atoms with van der Waals surface area (Å²) in [6.07, 6.45) is 4.46. The van der Waals surface area contributed by atoms with Crippen LogP contribution in [-0.4, -0.2) is 41.1 Å². The lowest BCUT2D eigenvalue weighted by Gasteiger charge is -2.34. The fraction of sp³-hybridized carbons (Fsp3) is 0.500. The number of carbonyl (C=O) groups is 2. The second-order valence-corrected chi connectivity index (χ2v) is 8.10. The normalized spacial score (nSPS) is 18.9. The molecule has 2 atom stereocenters. The van der Waals surface area contributed by atoms with Crippen molar-refractivity contribution >= 4 is 11.6 Å². The highest BCUT2D eigenvalue weighted by Crippen LogP contribution is 2.34. The number of methoxy groups -OCH3 is 1. The summed E-state index contributed by atoms with van der Waals surface area (Å²) in [4.78, 5) is 30.9. The quantitative estimate of drug-likeness (QED) is 0.696. The van der Waals surface area contributed by atoms with Crippen LogP contribution in [0.25, 0.3) is 0 Å². The van der Waals surface area contributed by atoms with Gasteiger partial charge in [-0.15, -0.1) is 0 Å². The Hall–Kier alpha value is -2.40. The first kappa shape index (κ1) is 21.3. The predicted octanol–water partition coefficient (Wildman–Crippen LogP) is 5.03. The maximum Gasteiger partial charge on any atom is 0.196 e. The van der Waals surface area contributed by atoms with Crippen molar-refractivity contribution in [3.8, 4) is 5.75 Å². The van der Waals surface area contributed by atoms with Gasteiger partial charge in [-0.3, -0.25) is 14.5 Å². The van der Waals surface area contributed by atoms with Crippen LogP contribution in [0, 0.1) is 13.8 Å². The Morgan fingerprint density at radius 3 is 2.41 bits per heavy atom. The first-order valence-corrected chi connectivity index (χ1v) is 10.5. The molecule has 0 radical (unpaired) electrons. The zero-order valence-corrected chi connectivity index (χ0v) is 18.2. The minimum absolute atomic E-state index is 0.00571. The van der Waals surface area contributed by atoms with Crippen molar-refractivity contribution in [3.63, 3.8) is 0 Å². The monoisotopic (exact) mass is 396 g/mol. The Morgan fingerprint density at radius 2 is 1.83 bits per heavy atom. The molecule has 1 N–H and O–H groups in total. The molecule has 0 bridgehead atoms. The minimum Gasteiger partial charge on any atom is -0.497 e. The number of ether oxygens (including phenoxy) is 1. The van der Waals surface area contributed by atoms with Crippen LogP contribution in [0.3, 0.4) is 0 Å². The molecule has 1 aromatic heterocycles. The summed E-state index contributed by atoms with van der Waals surface area (Å²) in [5.74, 6) is 0.889. The Balaban J connectivity index is 1.91. The summed E-state index contributed by atoms with van der Waals surface area (Å²) in [6.45, 7) is 8.16. The molecule has 29 heavy (non-hydrogen) atoms. The number of aromatic nitrogens is 1. The molecule has 0 unspecified atom stereocenters. The molecule has 156 valence electrons. The Morgan fingerprint density at radius 1 is 1.14 bits per heavy atom. The number of hydrogen-bond donors (Lipinski definition) is 1. The highest BCUT2D eigenvalue weighted by Gasteiger charge is 2.32. The second kappa shape index (κ2) is 8.95. The van der Waals surface area contributed by atoms with E-state index in [9.17, 15) is 9.59 Å². The molecule has 5 nitrogen and oxygen atoms in total. The summed E-state index contributed by atoms with van der Waals surface area (Å²) in [7, 11) is 1.67. The van der Waals surface area contributed by atoms with Gasteiger partial charge in [0.15, 0.2) is 11.6 Å². The van der Waals surface area contributed by atoms with Crippen molar-refractivity contribution in [3.05, 3.63) is 52.3 Å². The van der Waals surface area contributed by atoms with Crippen LogP contribution in [0.2, 0.25) is 0 Å². The smallest absolute Gasteiger partial charge is 0.196 e. The van der Waals surface area contributed by atoms with Gasteiger partial charge < -0.3 is 9.72 Å². The average Bonchev–Trinajstić information content (AvgIpc) is 2.87. The van der Waals surface area contributed by atoms with E-state index in [0.717, 1.165) is 42.8 Å². The minimum atomic E-state index is -0.267. The molecule has 2 aromatic rings. The molecule has 1 saturated heterocycles. The summed E-state index contributed by atoms with van der Waals surface area (Å²) < 4.78 is 5.30. The summed E-state index contributed by atoms with van der Waals surface area (Å²) in [5.41, 5.74) is 3.97. The lowest BCUT2D eigenvalue weighted by Crippen LogP contribution is -2.42. The van der Waals surface area contributed by atoms with Crippen molar-refractivity contribution in [1.29, 1.82) is 0 Å². The Bertz CT molecular complexity index is 882. The number of H-pyrrole nitrogens is 1. The zero-order valence-electron chi connectivity index (χ0n) is 18.2. The molecule has 1 aromatic carbocycles. The molecule has 5 heteroatoms. The summed E-state index contributed by atoms with van der Waals surface area (Å²) in [6, 6.07) is 8.13. The van der Waals surface area contributed by atoms with Gasteiger partial charge >= 0.3 is 0 Å². The number of rotatable bonds is 6. The first-order chi connectivity index (χ1) is 13.8. The van der Waals surface area contributed by atoms with Crippen molar-refractivity contribution < 1.29 is 14.3 Å². The average molecular weight is 397 g/mol. The molecule has 3 rings (SSSR count). The number of aromatic amines is 1. The lowest BCUT2D eigenvalue weighted by molar-refractivity contribution is 0.0757. The van der Waals surface area contributed by atoms with E-state index in [0.29, 0.717) is 11.3 Å². The fourth-order valence-electron chi connectivity index (χ4n) is 4.66. The van der Waals surface area contributed by atoms with Crippen LogP contribution >= 0.6 is 0 Å². The number of aryl methyl sites for hydroxylation is 1. The number of ketones is 2. The van der Waals surface area contributed by atoms with E-state index in [1.54, 1.807) is 14.0 Å². The maximum absolute atomic E-state index is 13.4. The zero-order chi connectivity index (χ0) is 21.1. The van der Waals surface area contributed by atoms with Crippen molar-refractivity contribution in [2.45, 2.75) is 65.5 Å². The Kier molecular flexibility index (Phi) is 6.58. The molecule has 1 aliphatic rings. The lowest BCUT2D eigenvalue weighted by atomic mass is 9.97. The van der Waals surface area contributed by atoms with Gasteiger partial charge in [-0.25, -0.2) is 0 Å². The van der Waals surface area contributed by atoms with Crippen LogP contribution in [0.4, 0.5) is 0 Å². The third kappa shape index (κ3) is 4.30. The molecule has 0 spiro atoms. The molecule has 2 heterocycles. The number of hydrogen-bond acceptors (Lipinski definition) is 4. The van der Waals surface area contributed by atoms with E-state index in [2.05, 4.69) is 22.0 Å². The third-order valence-electron chi connectivity index (χ3n) is 6.21. The first-order valence-electron chi connectivity index (χ1n) is 10.5. The summed E-state index contributed by atoms with van der Waals surface area (Å²) in [5, 5.41) is 0. The van der Waals surface area contributed by atoms with Crippen molar-refractivity contribution in [2.75, 3.05) is 13.7 Å². The van der Waals surface area contributed by atoms with Gasteiger partial charge in [0, 0.05) is 17.3 Å². The van der Waals surface area contributed by atoms with Crippen molar-refractivity contribution in [1.82, 2.24) is 9.88 Å². The van der Waals surface area contributed by atoms with Crippen LogP contribution in [0.5, 0.6) is 5.75 Å². The number of Topliss-reactive ketones (excluding diaryl/α,β-unsaturated/α-hetero) is 2. The van der Waals surface area contributed by atoms with Gasteiger partial charge in [0.05, 0.1) is 18.8 Å². The highest BCUT2D eigenvalue weighted by molar-refractivity contribution is 6.05. The van der Waals surface area contributed by atoms with Crippen LogP contribution < -0.4 is 4.74 Å². The van der Waals surface area contributed by atoms with Crippen LogP contribution in [0.15, 0.2) is 24.3 Å². The van der Waals surface area contributed by atoms with Gasteiger partial charge in [0.2, 0.25) is 0 Å². The topological polar surface area (TPSA) is 62.4 Å². The van der Waals surface area contributed by atoms with E-state index in [4.69, 9.17) is 4.74 Å². The molecule has 0 amide bonds. The highest BCUT2D eigenvalue weighted by atomic mass is 16.5. The third-order valence-corrected chi connectivity index (χ3v) is 6.21. The van der Waals surface area contributed by atoms with E-state index < -0.39 is 0 Å². The molecule has 1 aliphatic heterocycles. The van der Waals surface area contributed by atoms with Gasteiger partial charge in [-0.05, 0) is 70.3 Å². The van der Waals surface area contributed by atoms with Gasteiger partial charge in [0.1, 0.15) is 5.75 Å². The van der Waals surface area contributed by atoms with Crippen LogP contribution in [-0.2, 0) is 0 Å². The van der Waals surface area contributed by atoms with Gasteiger partial charge in [-0.2, -0.15) is 0 Å². The molecule has 0 aliphatic carbocycles. The molecular weight excluding hydrogens is 364 g/mol. The largest absolute Gasteiger partial charge is 0.497 e. The summed E-state index contributed by atoms with van der Waals surface area (Å²) >= 11 is 0.